The van der Waals surface area contributed by atoms with Crippen LogP contribution in [0.5, 0.6) is 0 Å². The molecule has 0 bridgehead atoms. The van der Waals surface area contributed by atoms with Crippen LogP contribution in [0.3, 0.4) is 0 Å². The molecule has 4 rings (SSSR count). The standard InChI is InChI=1S/C17H18FNOS/c18-14-3-4-16-13(10-14)12-20-17(16)5-7-19(8-6-17)11-15-2-1-9-21-15/h1-4,9-10H,5-8,11-12H2. The van der Waals surface area contributed by atoms with Gasteiger partial charge in [0.05, 0.1) is 12.2 Å². The second-order valence-corrected chi connectivity index (χ2v) is 6.97. The number of halogens is 1. The topological polar surface area (TPSA) is 12.5 Å². The number of piperidine rings is 1. The van der Waals surface area contributed by atoms with Crippen molar-refractivity contribution in [2.75, 3.05) is 13.1 Å². The van der Waals surface area contributed by atoms with E-state index in [1.54, 1.807) is 12.1 Å². The van der Waals surface area contributed by atoms with E-state index in [4.69, 9.17) is 4.74 Å². The third-order valence-corrected chi connectivity index (χ3v) is 5.55. The van der Waals surface area contributed by atoms with Crippen LogP contribution in [0.2, 0.25) is 0 Å². The molecule has 2 nitrogen and oxygen atoms in total. The Morgan fingerprint density at radius 3 is 2.86 bits per heavy atom. The summed E-state index contributed by atoms with van der Waals surface area (Å²) in [4.78, 5) is 3.91. The quantitative estimate of drug-likeness (QED) is 0.834. The summed E-state index contributed by atoms with van der Waals surface area (Å²) in [6.45, 7) is 3.66. The summed E-state index contributed by atoms with van der Waals surface area (Å²) >= 11 is 1.82. The average Bonchev–Trinajstić information content (AvgIpc) is 3.11. The van der Waals surface area contributed by atoms with Crippen LogP contribution in [0.15, 0.2) is 35.7 Å². The van der Waals surface area contributed by atoms with E-state index in [0.717, 1.165) is 38.0 Å². The number of ether oxygens (including phenoxy) is 1. The highest BCUT2D eigenvalue weighted by Crippen LogP contribution is 2.44. The van der Waals surface area contributed by atoms with Crippen LogP contribution in [0, 0.1) is 5.82 Å². The summed E-state index contributed by atoms with van der Waals surface area (Å²) in [5, 5.41) is 2.13. The Labute approximate surface area is 128 Å². The molecule has 1 fully saturated rings. The maximum absolute atomic E-state index is 13.3. The van der Waals surface area contributed by atoms with Gasteiger partial charge in [-0.2, -0.15) is 0 Å². The van der Waals surface area contributed by atoms with E-state index < -0.39 is 0 Å². The number of fused-ring (bicyclic) bond motifs is 2. The number of likely N-dealkylation sites (tertiary alicyclic amines) is 1. The van der Waals surface area contributed by atoms with Gasteiger partial charge in [0.1, 0.15) is 5.82 Å². The summed E-state index contributed by atoms with van der Waals surface area (Å²) in [7, 11) is 0. The molecule has 21 heavy (non-hydrogen) atoms. The fraction of sp³-hybridized carbons (Fsp3) is 0.412. The summed E-state index contributed by atoms with van der Waals surface area (Å²) < 4.78 is 19.4. The second kappa shape index (κ2) is 5.20. The predicted molar refractivity (Wildman–Crippen MR) is 81.7 cm³/mol. The molecule has 1 spiro atoms. The van der Waals surface area contributed by atoms with E-state index in [9.17, 15) is 4.39 Å². The molecule has 2 aliphatic heterocycles. The molecule has 1 aromatic heterocycles. The van der Waals surface area contributed by atoms with Gasteiger partial charge >= 0.3 is 0 Å². The predicted octanol–water partition coefficient (Wildman–Crippen LogP) is 3.91. The van der Waals surface area contributed by atoms with E-state index in [1.165, 1.54) is 10.4 Å². The highest BCUT2D eigenvalue weighted by Gasteiger charge is 2.42. The van der Waals surface area contributed by atoms with Gasteiger partial charge < -0.3 is 4.74 Å². The lowest BCUT2D eigenvalue weighted by atomic mass is 9.84. The number of rotatable bonds is 2. The second-order valence-electron chi connectivity index (χ2n) is 5.94. The van der Waals surface area contributed by atoms with Gasteiger partial charge in [-0.05, 0) is 47.5 Å². The highest BCUT2D eigenvalue weighted by molar-refractivity contribution is 7.09. The van der Waals surface area contributed by atoms with E-state index in [1.807, 2.05) is 17.4 Å². The minimum absolute atomic E-state index is 0.162. The van der Waals surface area contributed by atoms with Crippen molar-refractivity contribution in [3.05, 3.63) is 57.5 Å². The van der Waals surface area contributed by atoms with Gasteiger partial charge in [-0.3, -0.25) is 4.90 Å². The maximum atomic E-state index is 13.3. The minimum atomic E-state index is -0.172. The van der Waals surface area contributed by atoms with Crippen molar-refractivity contribution in [2.45, 2.75) is 31.6 Å². The van der Waals surface area contributed by atoms with Crippen molar-refractivity contribution in [1.82, 2.24) is 4.90 Å². The fourth-order valence-electron chi connectivity index (χ4n) is 3.53. The Morgan fingerprint density at radius 2 is 2.10 bits per heavy atom. The van der Waals surface area contributed by atoms with E-state index >= 15 is 0 Å². The molecule has 0 amide bonds. The maximum Gasteiger partial charge on any atom is 0.123 e. The van der Waals surface area contributed by atoms with Crippen LogP contribution in [-0.4, -0.2) is 18.0 Å². The first kappa shape index (κ1) is 13.4. The van der Waals surface area contributed by atoms with Crippen LogP contribution >= 0.6 is 11.3 Å². The molecule has 0 radical (unpaired) electrons. The van der Waals surface area contributed by atoms with Gasteiger partial charge in [0, 0.05) is 24.5 Å². The summed E-state index contributed by atoms with van der Waals surface area (Å²) in [5.74, 6) is -0.162. The number of nitrogens with zero attached hydrogens (tertiary/aromatic N) is 1. The zero-order chi connectivity index (χ0) is 14.3. The minimum Gasteiger partial charge on any atom is -0.365 e. The van der Waals surface area contributed by atoms with Gasteiger partial charge in [0.25, 0.3) is 0 Å². The van der Waals surface area contributed by atoms with E-state index in [0.29, 0.717) is 6.61 Å². The zero-order valence-corrected chi connectivity index (χ0v) is 12.7. The monoisotopic (exact) mass is 303 g/mol. The molecule has 3 heterocycles. The lowest BCUT2D eigenvalue weighted by molar-refractivity contribution is -0.0798. The molecule has 0 saturated carbocycles. The Morgan fingerprint density at radius 1 is 1.24 bits per heavy atom. The molecule has 1 aromatic carbocycles. The molecular weight excluding hydrogens is 285 g/mol. The van der Waals surface area contributed by atoms with Gasteiger partial charge in [-0.25, -0.2) is 4.39 Å². The normalized spacial score (nSPS) is 20.8. The highest BCUT2D eigenvalue weighted by atomic mass is 32.1. The SMILES string of the molecule is Fc1ccc2c(c1)COC21CCN(Cc2cccs2)CC1. The lowest BCUT2D eigenvalue weighted by Gasteiger charge is -2.39. The molecule has 0 aliphatic carbocycles. The largest absolute Gasteiger partial charge is 0.365 e. The van der Waals surface area contributed by atoms with Crippen molar-refractivity contribution < 1.29 is 9.13 Å². The van der Waals surface area contributed by atoms with Crippen molar-refractivity contribution >= 4 is 11.3 Å². The van der Waals surface area contributed by atoms with Crippen molar-refractivity contribution in [1.29, 1.82) is 0 Å². The number of hydrogen-bond donors (Lipinski definition) is 0. The zero-order valence-electron chi connectivity index (χ0n) is 11.8. The third-order valence-electron chi connectivity index (χ3n) is 4.69. The van der Waals surface area contributed by atoms with Gasteiger partial charge in [-0.15, -0.1) is 11.3 Å². The van der Waals surface area contributed by atoms with Crippen molar-refractivity contribution in [3.8, 4) is 0 Å². The molecular formula is C17H18FNOS. The molecule has 2 aromatic rings. The molecule has 0 atom stereocenters. The average molecular weight is 303 g/mol. The Kier molecular flexibility index (Phi) is 3.32. The van der Waals surface area contributed by atoms with Crippen LogP contribution in [0.25, 0.3) is 0 Å². The summed E-state index contributed by atoms with van der Waals surface area (Å²) in [6.07, 6.45) is 1.99. The first-order valence-corrected chi connectivity index (χ1v) is 8.31. The summed E-state index contributed by atoms with van der Waals surface area (Å²) in [5.41, 5.74) is 2.07. The first-order valence-electron chi connectivity index (χ1n) is 7.43. The third kappa shape index (κ3) is 2.41. The molecule has 110 valence electrons. The molecule has 4 heteroatoms. The van der Waals surface area contributed by atoms with Crippen LogP contribution < -0.4 is 0 Å². The molecule has 0 N–H and O–H groups in total. The molecule has 0 unspecified atom stereocenters. The summed E-state index contributed by atoms with van der Waals surface area (Å²) in [6, 6.07) is 9.41. The van der Waals surface area contributed by atoms with Crippen molar-refractivity contribution in [3.63, 3.8) is 0 Å². The van der Waals surface area contributed by atoms with E-state index in [-0.39, 0.29) is 11.4 Å². The van der Waals surface area contributed by atoms with Gasteiger partial charge in [0.15, 0.2) is 0 Å². The Bertz CT molecular complexity index is 632. The smallest absolute Gasteiger partial charge is 0.123 e. The fourth-order valence-corrected chi connectivity index (χ4v) is 4.27. The number of benzene rings is 1. The Hall–Kier alpha value is -1.23. The van der Waals surface area contributed by atoms with E-state index in [2.05, 4.69) is 22.4 Å². The number of hydrogen-bond acceptors (Lipinski definition) is 3. The van der Waals surface area contributed by atoms with Crippen molar-refractivity contribution in [2.24, 2.45) is 0 Å². The molecule has 1 saturated heterocycles. The van der Waals surface area contributed by atoms with Crippen LogP contribution in [-0.2, 0) is 23.5 Å². The lowest BCUT2D eigenvalue weighted by Crippen LogP contribution is -2.42. The van der Waals surface area contributed by atoms with Crippen LogP contribution in [0.1, 0.15) is 28.8 Å². The first-order chi connectivity index (χ1) is 10.3. The van der Waals surface area contributed by atoms with Crippen LogP contribution in [0.4, 0.5) is 4.39 Å². The van der Waals surface area contributed by atoms with Gasteiger partial charge in [-0.1, -0.05) is 12.1 Å². The molecule has 2 aliphatic rings. The Balaban J connectivity index is 1.48. The van der Waals surface area contributed by atoms with Gasteiger partial charge in [0.2, 0.25) is 0 Å². The number of thiophene rings is 1.